The second-order valence-corrected chi connectivity index (χ2v) is 6.31. The van der Waals surface area contributed by atoms with Crippen molar-refractivity contribution in [1.82, 2.24) is 4.98 Å². The Morgan fingerprint density at radius 1 is 1.27 bits per heavy atom. The van der Waals surface area contributed by atoms with E-state index in [1.165, 1.54) is 0 Å². The summed E-state index contributed by atoms with van der Waals surface area (Å²) in [4.78, 5) is 4.45. The molecule has 2 rings (SSSR count). The third-order valence-corrected chi connectivity index (χ3v) is 4.18. The maximum Gasteiger partial charge on any atom is 0.106 e. The Morgan fingerprint density at radius 3 is 2.47 bits per heavy atom. The molecule has 0 saturated carbocycles. The van der Waals surface area contributed by atoms with Crippen LogP contribution >= 0.6 is 34.2 Å². The van der Waals surface area contributed by atoms with Gasteiger partial charge in [0, 0.05) is 11.8 Å². The number of hydrogen-bond acceptors (Lipinski definition) is 2. The Balaban J connectivity index is 2.76. The van der Waals surface area contributed by atoms with Gasteiger partial charge >= 0.3 is 0 Å². The van der Waals surface area contributed by atoms with Crippen LogP contribution in [0.5, 0.6) is 0 Å². The molecular weight excluding hydrogens is 324 g/mol. The van der Waals surface area contributed by atoms with E-state index in [0.717, 1.165) is 19.9 Å². The van der Waals surface area contributed by atoms with E-state index >= 15 is 0 Å². The molecule has 1 aliphatic rings. The largest absolute Gasteiger partial charge is 0.359 e. The topological polar surface area (TPSA) is 22.1 Å². The highest BCUT2D eigenvalue weighted by Gasteiger charge is 2.46. The lowest BCUT2D eigenvalue weighted by Crippen LogP contribution is -2.22. The molecule has 0 atom stereocenters. The molecule has 1 aromatic heterocycles. The number of fused-ring (bicyclic) bond motifs is 1. The first kappa shape index (κ1) is 11.6. The molecule has 2 nitrogen and oxygen atoms in total. The van der Waals surface area contributed by atoms with E-state index in [4.69, 9.17) is 16.3 Å². The van der Waals surface area contributed by atoms with Gasteiger partial charge in [-0.3, -0.25) is 4.98 Å². The van der Waals surface area contributed by atoms with Crippen molar-refractivity contribution in [3.63, 3.8) is 0 Å². The van der Waals surface area contributed by atoms with E-state index in [0.29, 0.717) is 0 Å². The average molecular weight is 338 g/mol. The standard InChI is InChI=1S/C11H13ClINO/c1-10(2)7-8(12)6(13)5-14-9(7)11(3,4)15-10/h5H,1-4H3. The Kier molecular flexibility index (Phi) is 2.56. The van der Waals surface area contributed by atoms with Gasteiger partial charge in [-0.15, -0.1) is 0 Å². The lowest BCUT2D eigenvalue weighted by molar-refractivity contribution is -0.106. The molecule has 0 saturated heterocycles. The zero-order chi connectivity index (χ0) is 11.4. The minimum absolute atomic E-state index is 0.354. The summed E-state index contributed by atoms with van der Waals surface area (Å²) in [6.45, 7) is 8.11. The van der Waals surface area contributed by atoms with E-state index in [1.807, 2.05) is 27.7 Å². The van der Waals surface area contributed by atoms with Crippen LogP contribution in [0.15, 0.2) is 6.20 Å². The molecule has 0 amide bonds. The number of rotatable bonds is 0. The van der Waals surface area contributed by atoms with Gasteiger partial charge in [-0.05, 0) is 50.3 Å². The molecule has 0 N–H and O–H groups in total. The van der Waals surface area contributed by atoms with Gasteiger partial charge in [0.15, 0.2) is 0 Å². The summed E-state index contributed by atoms with van der Waals surface area (Å²) in [5.74, 6) is 0. The zero-order valence-electron chi connectivity index (χ0n) is 9.19. The molecule has 0 radical (unpaired) electrons. The highest BCUT2D eigenvalue weighted by molar-refractivity contribution is 14.1. The summed E-state index contributed by atoms with van der Waals surface area (Å²) in [7, 11) is 0. The van der Waals surface area contributed by atoms with E-state index in [2.05, 4.69) is 27.6 Å². The van der Waals surface area contributed by atoms with E-state index in [-0.39, 0.29) is 11.2 Å². The molecule has 1 aromatic rings. The summed E-state index contributed by atoms with van der Waals surface area (Å²) in [5, 5.41) is 0.774. The number of pyridine rings is 1. The lowest BCUT2D eigenvalue weighted by atomic mass is 9.95. The summed E-state index contributed by atoms with van der Waals surface area (Å²) in [5.41, 5.74) is 1.27. The molecular formula is C11H13ClINO. The first-order valence-electron chi connectivity index (χ1n) is 4.81. The van der Waals surface area contributed by atoms with Gasteiger partial charge in [0.25, 0.3) is 0 Å². The van der Waals surface area contributed by atoms with Gasteiger partial charge in [0.2, 0.25) is 0 Å². The van der Waals surface area contributed by atoms with Crippen molar-refractivity contribution < 1.29 is 4.74 Å². The minimum Gasteiger partial charge on any atom is -0.359 e. The third-order valence-electron chi connectivity index (χ3n) is 2.66. The van der Waals surface area contributed by atoms with Gasteiger partial charge in [-0.25, -0.2) is 0 Å². The van der Waals surface area contributed by atoms with E-state index in [9.17, 15) is 0 Å². The first-order chi connectivity index (χ1) is 6.76. The van der Waals surface area contributed by atoms with Gasteiger partial charge in [-0.2, -0.15) is 0 Å². The minimum atomic E-state index is -0.357. The molecule has 4 heteroatoms. The Morgan fingerprint density at radius 2 is 1.87 bits per heavy atom. The van der Waals surface area contributed by atoms with Crippen molar-refractivity contribution in [3.05, 3.63) is 26.0 Å². The predicted octanol–water partition coefficient (Wildman–Crippen LogP) is 3.84. The SMILES string of the molecule is CC1(C)OC(C)(C)c2c1ncc(I)c2Cl. The van der Waals surface area contributed by atoms with Crippen LogP contribution in [-0.4, -0.2) is 4.98 Å². The van der Waals surface area contributed by atoms with Crippen LogP contribution < -0.4 is 0 Å². The van der Waals surface area contributed by atoms with E-state index in [1.54, 1.807) is 6.20 Å². The monoisotopic (exact) mass is 337 g/mol. The molecule has 0 aromatic carbocycles. The van der Waals surface area contributed by atoms with Crippen molar-refractivity contribution in [3.8, 4) is 0 Å². The lowest BCUT2D eigenvalue weighted by Gasteiger charge is -2.24. The third kappa shape index (κ3) is 1.68. The van der Waals surface area contributed by atoms with Gasteiger partial charge in [0.05, 0.1) is 19.9 Å². The van der Waals surface area contributed by atoms with Gasteiger partial charge in [-0.1, -0.05) is 11.6 Å². The highest BCUT2D eigenvalue weighted by Crippen LogP contribution is 2.49. The molecule has 1 aliphatic heterocycles. The second-order valence-electron chi connectivity index (χ2n) is 4.77. The van der Waals surface area contributed by atoms with Crippen LogP contribution in [0.3, 0.4) is 0 Å². The van der Waals surface area contributed by atoms with Crippen LogP contribution in [0.1, 0.15) is 39.0 Å². The number of ether oxygens (including phenoxy) is 1. The number of halogens is 2. The van der Waals surface area contributed by atoms with Crippen molar-refractivity contribution >= 4 is 34.2 Å². The van der Waals surface area contributed by atoms with Crippen molar-refractivity contribution in [2.45, 2.75) is 38.9 Å². The van der Waals surface area contributed by atoms with Gasteiger partial charge in [0.1, 0.15) is 5.60 Å². The maximum atomic E-state index is 6.32. The fourth-order valence-electron chi connectivity index (χ4n) is 2.21. The summed E-state index contributed by atoms with van der Waals surface area (Å²) >= 11 is 8.52. The molecule has 82 valence electrons. The zero-order valence-corrected chi connectivity index (χ0v) is 12.1. The maximum absolute atomic E-state index is 6.32. The van der Waals surface area contributed by atoms with Crippen molar-refractivity contribution in [1.29, 1.82) is 0 Å². The summed E-state index contributed by atoms with van der Waals surface area (Å²) < 4.78 is 6.97. The summed E-state index contributed by atoms with van der Waals surface area (Å²) in [6.07, 6.45) is 1.80. The Labute approximate surface area is 109 Å². The smallest absolute Gasteiger partial charge is 0.106 e. The molecule has 0 spiro atoms. The molecule has 0 unspecified atom stereocenters. The quantitative estimate of drug-likeness (QED) is 0.671. The molecule has 0 aliphatic carbocycles. The van der Waals surface area contributed by atoms with Crippen LogP contribution in [-0.2, 0) is 15.9 Å². The molecule has 0 fully saturated rings. The second kappa shape index (κ2) is 3.31. The molecule has 0 bridgehead atoms. The van der Waals surface area contributed by atoms with Crippen LogP contribution in [0.2, 0.25) is 5.02 Å². The fraction of sp³-hybridized carbons (Fsp3) is 0.545. The Bertz CT molecular complexity index is 429. The van der Waals surface area contributed by atoms with Crippen molar-refractivity contribution in [2.75, 3.05) is 0 Å². The normalized spacial score (nSPS) is 21.5. The number of nitrogens with zero attached hydrogens (tertiary/aromatic N) is 1. The van der Waals surface area contributed by atoms with Crippen molar-refractivity contribution in [2.24, 2.45) is 0 Å². The first-order valence-corrected chi connectivity index (χ1v) is 6.26. The number of hydrogen-bond donors (Lipinski definition) is 0. The Hall–Kier alpha value is 0.130. The van der Waals surface area contributed by atoms with Crippen LogP contribution in [0.25, 0.3) is 0 Å². The molecule has 2 heterocycles. The van der Waals surface area contributed by atoms with Gasteiger partial charge < -0.3 is 4.74 Å². The van der Waals surface area contributed by atoms with Crippen LogP contribution in [0, 0.1) is 3.57 Å². The predicted molar refractivity (Wildman–Crippen MR) is 69.1 cm³/mol. The average Bonchev–Trinajstić information content (AvgIpc) is 2.24. The molecule has 15 heavy (non-hydrogen) atoms. The van der Waals surface area contributed by atoms with Crippen LogP contribution in [0.4, 0.5) is 0 Å². The number of aromatic nitrogens is 1. The fourth-order valence-corrected chi connectivity index (χ4v) is 2.98. The highest BCUT2D eigenvalue weighted by atomic mass is 127. The summed E-state index contributed by atoms with van der Waals surface area (Å²) in [6, 6.07) is 0. The van der Waals surface area contributed by atoms with E-state index < -0.39 is 0 Å².